The van der Waals surface area contributed by atoms with Crippen LogP contribution in [0.2, 0.25) is 0 Å². The fourth-order valence-electron chi connectivity index (χ4n) is 1.66. The van der Waals surface area contributed by atoms with Crippen LogP contribution in [0.3, 0.4) is 0 Å². The Hall–Kier alpha value is -1.30. The highest BCUT2D eigenvalue weighted by Crippen LogP contribution is 2.23. The maximum absolute atomic E-state index is 13.2. The lowest BCUT2D eigenvalue weighted by atomic mass is 10.3. The zero-order valence-corrected chi connectivity index (χ0v) is 10.4. The molecule has 0 aliphatic rings. The molecular formula is C11H13F2N3S. The van der Waals surface area contributed by atoms with E-state index in [0.29, 0.717) is 22.8 Å². The van der Waals surface area contributed by atoms with Gasteiger partial charge in [0, 0.05) is 23.9 Å². The van der Waals surface area contributed by atoms with Gasteiger partial charge in [-0.3, -0.25) is 0 Å². The lowest BCUT2D eigenvalue weighted by Gasteiger charge is -2.11. The summed E-state index contributed by atoms with van der Waals surface area (Å²) >= 11 is 1.68. The quantitative estimate of drug-likeness (QED) is 0.919. The van der Waals surface area contributed by atoms with Gasteiger partial charge < -0.3 is 10.3 Å². The normalized spacial score (nSPS) is 13.2. The monoisotopic (exact) mass is 257 g/mol. The van der Waals surface area contributed by atoms with Crippen LogP contribution < -0.4 is 5.73 Å². The van der Waals surface area contributed by atoms with Gasteiger partial charge in [-0.05, 0) is 6.26 Å². The number of thioether (sulfide) groups is 1. The number of nitrogens with two attached hydrogens (primary N) is 1. The Bertz CT molecular complexity index is 553. The SMILES string of the molecule is CSC(C)Cn1c(N)nc2cc(F)c(F)cc21. The molecule has 1 aromatic heterocycles. The topological polar surface area (TPSA) is 43.8 Å². The molecule has 0 radical (unpaired) electrons. The summed E-state index contributed by atoms with van der Waals surface area (Å²) in [5.74, 6) is -1.50. The van der Waals surface area contributed by atoms with Crippen LogP contribution in [0.4, 0.5) is 14.7 Å². The van der Waals surface area contributed by atoms with Gasteiger partial charge in [0.15, 0.2) is 11.6 Å². The first kappa shape index (κ1) is 12.2. The summed E-state index contributed by atoms with van der Waals surface area (Å²) in [6.07, 6.45) is 1.99. The van der Waals surface area contributed by atoms with E-state index in [2.05, 4.69) is 4.98 Å². The van der Waals surface area contributed by atoms with E-state index in [1.165, 1.54) is 0 Å². The second-order valence-corrected chi connectivity index (χ2v) is 5.16. The minimum absolute atomic E-state index is 0.283. The number of nitrogens with zero attached hydrogens (tertiary/aromatic N) is 2. The Balaban J connectivity index is 2.54. The molecule has 2 aromatic rings. The van der Waals surface area contributed by atoms with Crippen molar-refractivity contribution in [1.29, 1.82) is 0 Å². The number of anilines is 1. The number of halogens is 2. The number of nitrogen functional groups attached to an aromatic ring is 1. The summed E-state index contributed by atoms with van der Waals surface area (Å²) in [7, 11) is 0. The van der Waals surface area contributed by atoms with E-state index in [0.717, 1.165) is 12.1 Å². The van der Waals surface area contributed by atoms with Crippen molar-refractivity contribution in [2.75, 3.05) is 12.0 Å². The van der Waals surface area contributed by atoms with Crippen molar-refractivity contribution in [3.8, 4) is 0 Å². The Labute approximate surface area is 102 Å². The summed E-state index contributed by atoms with van der Waals surface area (Å²) < 4.78 is 28.0. The van der Waals surface area contributed by atoms with Gasteiger partial charge in [-0.2, -0.15) is 11.8 Å². The maximum atomic E-state index is 13.2. The summed E-state index contributed by atoms with van der Waals surface area (Å²) in [6, 6.07) is 2.21. The molecule has 1 aromatic carbocycles. The molecule has 0 saturated heterocycles. The highest BCUT2D eigenvalue weighted by atomic mass is 32.2. The van der Waals surface area contributed by atoms with Crippen molar-refractivity contribution in [1.82, 2.24) is 9.55 Å². The molecule has 2 rings (SSSR count). The van der Waals surface area contributed by atoms with Crippen LogP contribution in [0.1, 0.15) is 6.92 Å². The molecule has 6 heteroatoms. The molecule has 0 spiro atoms. The first-order valence-corrected chi connectivity index (χ1v) is 6.45. The minimum atomic E-state index is -0.903. The van der Waals surface area contributed by atoms with Crippen LogP contribution in [-0.2, 0) is 6.54 Å². The van der Waals surface area contributed by atoms with Crippen molar-refractivity contribution in [2.45, 2.75) is 18.7 Å². The van der Waals surface area contributed by atoms with E-state index in [1.807, 2.05) is 13.2 Å². The van der Waals surface area contributed by atoms with Crippen LogP contribution in [0.5, 0.6) is 0 Å². The average molecular weight is 257 g/mol. The fraction of sp³-hybridized carbons (Fsp3) is 0.364. The fourth-order valence-corrected chi connectivity index (χ4v) is 1.96. The van der Waals surface area contributed by atoms with Crippen LogP contribution >= 0.6 is 11.8 Å². The second kappa shape index (κ2) is 4.52. The Morgan fingerprint density at radius 2 is 2.06 bits per heavy atom. The van der Waals surface area contributed by atoms with Gasteiger partial charge in [-0.1, -0.05) is 6.92 Å². The summed E-state index contributed by atoms with van der Waals surface area (Å²) in [6.45, 7) is 2.66. The van der Waals surface area contributed by atoms with E-state index in [1.54, 1.807) is 16.3 Å². The summed E-state index contributed by atoms with van der Waals surface area (Å²) in [4.78, 5) is 4.03. The number of hydrogen-bond acceptors (Lipinski definition) is 3. The number of hydrogen-bond donors (Lipinski definition) is 1. The first-order chi connectivity index (χ1) is 8.02. The van der Waals surface area contributed by atoms with E-state index in [9.17, 15) is 8.78 Å². The number of benzene rings is 1. The summed E-state index contributed by atoms with van der Waals surface area (Å²) in [5, 5.41) is 0.322. The highest BCUT2D eigenvalue weighted by molar-refractivity contribution is 7.99. The minimum Gasteiger partial charge on any atom is -0.369 e. The average Bonchev–Trinajstić information content (AvgIpc) is 2.56. The third-order valence-electron chi connectivity index (χ3n) is 2.66. The third-order valence-corrected chi connectivity index (χ3v) is 3.62. The van der Waals surface area contributed by atoms with Crippen LogP contribution in [-0.4, -0.2) is 21.1 Å². The van der Waals surface area contributed by atoms with E-state index < -0.39 is 11.6 Å². The number of imidazole rings is 1. The smallest absolute Gasteiger partial charge is 0.201 e. The zero-order valence-electron chi connectivity index (χ0n) is 9.58. The van der Waals surface area contributed by atoms with E-state index >= 15 is 0 Å². The molecule has 0 bridgehead atoms. The number of fused-ring (bicyclic) bond motifs is 1. The van der Waals surface area contributed by atoms with Crippen molar-refractivity contribution in [2.24, 2.45) is 0 Å². The molecule has 1 unspecified atom stereocenters. The first-order valence-electron chi connectivity index (χ1n) is 5.16. The molecule has 17 heavy (non-hydrogen) atoms. The Morgan fingerprint density at radius 1 is 1.41 bits per heavy atom. The lowest BCUT2D eigenvalue weighted by molar-refractivity contribution is 0.510. The van der Waals surface area contributed by atoms with Crippen LogP contribution in [0.25, 0.3) is 11.0 Å². The predicted octanol–water partition coefficient (Wildman–Crippen LogP) is 2.65. The van der Waals surface area contributed by atoms with Crippen LogP contribution in [0, 0.1) is 11.6 Å². The van der Waals surface area contributed by atoms with Crippen molar-refractivity contribution < 1.29 is 8.78 Å². The second-order valence-electron chi connectivity index (χ2n) is 3.88. The third kappa shape index (κ3) is 2.22. The highest BCUT2D eigenvalue weighted by Gasteiger charge is 2.14. The summed E-state index contributed by atoms with van der Waals surface area (Å²) in [5.41, 5.74) is 6.67. The molecule has 0 aliphatic carbocycles. The van der Waals surface area contributed by atoms with Gasteiger partial charge >= 0.3 is 0 Å². The van der Waals surface area contributed by atoms with Gasteiger partial charge in [0.25, 0.3) is 0 Å². The lowest BCUT2D eigenvalue weighted by Crippen LogP contribution is -2.11. The standard InChI is InChI=1S/C11H13F2N3S/c1-6(17-2)5-16-10-4-8(13)7(12)3-9(10)15-11(16)14/h3-4,6H,5H2,1-2H3,(H2,14,15). The largest absolute Gasteiger partial charge is 0.369 e. The predicted molar refractivity (Wildman–Crippen MR) is 67.0 cm³/mol. The van der Waals surface area contributed by atoms with Gasteiger partial charge in [0.2, 0.25) is 5.95 Å². The molecule has 0 aliphatic heterocycles. The van der Waals surface area contributed by atoms with Crippen molar-refractivity contribution in [3.63, 3.8) is 0 Å². The molecule has 1 atom stereocenters. The molecular weight excluding hydrogens is 244 g/mol. The van der Waals surface area contributed by atoms with Gasteiger partial charge in [-0.25, -0.2) is 13.8 Å². The number of rotatable bonds is 3. The Kier molecular flexibility index (Phi) is 3.24. The molecule has 92 valence electrons. The zero-order chi connectivity index (χ0) is 12.6. The van der Waals surface area contributed by atoms with Crippen LogP contribution in [0.15, 0.2) is 12.1 Å². The van der Waals surface area contributed by atoms with E-state index in [4.69, 9.17) is 5.73 Å². The van der Waals surface area contributed by atoms with Gasteiger partial charge in [-0.15, -0.1) is 0 Å². The molecule has 0 amide bonds. The molecule has 0 saturated carbocycles. The van der Waals surface area contributed by atoms with Gasteiger partial charge in [0.1, 0.15) is 0 Å². The van der Waals surface area contributed by atoms with Gasteiger partial charge in [0.05, 0.1) is 11.0 Å². The number of aromatic nitrogens is 2. The van der Waals surface area contributed by atoms with Crippen molar-refractivity contribution >= 4 is 28.7 Å². The molecule has 1 heterocycles. The molecule has 2 N–H and O–H groups in total. The van der Waals surface area contributed by atoms with E-state index in [-0.39, 0.29) is 5.95 Å². The maximum Gasteiger partial charge on any atom is 0.201 e. The van der Waals surface area contributed by atoms with Crippen molar-refractivity contribution in [3.05, 3.63) is 23.8 Å². The Morgan fingerprint density at radius 3 is 2.71 bits per heavy atom. The molecule has 0 fully saturated rings. The molecule has 3 nitrogen and oxygen atoms in total.